The molecule has 2 aromatic carbocycles. The first-order chi connectivity index (χ1) is 12.5. The van der Waals surface area contributed by atoms with Gasteiger partial charge in [-0.1, -0.05) is 37.3 Å². The number of amides is 1. The summed E-state index contributed by atoms with van der Waals surface area (Å²) in [7, 11) is 1.53. The van der Waals surface area contributed by atoms with Crippen LogP contribution in [0.3, 0.4) is 0 Å². The van der Waals surface area contributed by atoms with E-state index in [2.05, 4.69) is 5.32 Å². The summed E-state index contributed by atoms with van der Waals surface area (Å²) in [4.78, 5) is 24.2. The fourth-order valence-corrected chi connectivity index (χ4v) is 2.43. The van der Waals surface area contributed by atoms with Gasteiger partial charge in [-0.25, -0.2) is 4.79 Å². The van der Waals surface area contributed by atoms with E-state index in [0.29, 0.717) is 18.1 Å². The molecule has 0 radical (unpaired) electrons. The number of carboxylic acid groups (broad SMARTS) is 1. The fraction of sp³-hybridized carbons (Fsp3) is 0.300. The molecule has 1 atom stereocenters. The van der Waals surface area contributed by atoms with Crippen LogP contribution in [0.2, 0.25) is 0 Å². The summed E-state index contributed by atoms with van der Waals surface area (Å²) in [5, 5.41) is 12.0. The lowest BCUT2D eigenvalue weighted by molar-refractivity contribution is -0.139. The smallest absolute Gasteiger partial charge is 0.326 e. The zero-order chi connectivity index (χ0) is 18.9. The second kappa shape index (κ2) is 9.46. The molecule has 0 aliphatic carbocycles. The van der Waals surface area contributed by atoms with E-state index < -0.39 is 17.9 Å². The van der Waals surface area contributed by atoms with E-state index >= 15 is 0 Å². The predicted octanol–water partition coefficient (Wildman–Crippen LogP) is 2.91. The molecule has 138 valence electrons. The molecular formula is C20H23NO5. The van der Waals surface area contributed by atoms with Gasteiger partial charge in [0.1, 0.15) is 17.5 Å². The van der Waals surface area contributed by atoms with Crippen molar-refractivity contribution in [1.82, 2.24) is 5.32 Å². The highest BCUT2D eigenvalue weighted by Crippen LogP contribution is 2.25. The number of carboxylic acids is 1. The van der Waals surface area contributed by atoms with E-state index in [-0.39, 0.29) is 12.0 Å². The topological polar surface area (TPSA) is 84.9 Å². The van der Waals surface area contributed by atoms with Gasteiger partial charge in [-0.15, -0.1) is 0 Å². The number of aliphatic carboxylic acids is 1. The Morgan fingerprint density at radius 2 is 1.88 bits per heavy atom. The fourth-order valence-electron chi connectivity index (χ4n) is 2.43. The maximum absolute atomic E-state index is 12.6. The van der Waals surface area contributed by atoms with Crippen molar-refractivity contribution in [2.24, 2.45) is 0 Å². The van der Waals surface area contributed by atoms with Gasteiger partial charge in [0, 0.05) is 12.5 Å². The lowest BCUT2D eigenvalue weighted by Gasteiger charge is -2.17. The third-order valence-electron chi connectivity index (χ3n) is 3.78. The Hall–Kier alpha value is -3.02. The van der Waals surface area contributed by atoms with Crippen LogP contribution in [0, 0.1) is 0 Å². The summed E-state index contributed by atoms with van der Waals surface area (Å²) in [6, 6.07) is 13.0. The van der Waals surface area contributed by atoms with Crippen LogP contribution < -0.4 is 14.8 Å². The van der Waals surface area contributed by atoms with Gasteiger partial charge in [-0.3, -0.25) is 4.79 Å². The van der Waals surface area contributed by atoms with E-state index in [0.717, 1.165) is 12.0 Å². The minimum absolute atomic E-state index is 0.198. The maximum Gasteiger partial charge on any atom is 0.326 e. The number of methoxy groups -OCH3 is 1. The number of nitrogens with one attached hydrogen (secondary N) is 1. The van der Waals surface area contributed by atoms with Gasteiger partial charge in [0.25, 0.3) is 5.91 Å². The Bertz CT molecular complexity index is 745. The largest absolute Gasteiger partial charge is 0.497 e. The van der Waals surface area contributed by atoms with Crippen LogP contribution >= 0.6 is 0 Å². The Labute approximate surface area is 152 Å². The first kappa shape index (κ1) is 19.3. The molecule has 0 aromatic heterocycles. The predicted molar refractivity (Wildman–Crippen MR) is 97.8 cm³/mol. The van der Waals surface area contributed by atoms with E-state index in [1.165, 1.54) is 7.11 Å². The zero-order valence-electron chi connectivity index (χ0n) is 14.9. The monoisotopic (exact) mass is 357 g/mol. The van der Waals surface area contributed by atoms with Crippen molar-refractivity contribution in [1.29, 1.82) is 0 Å². The number of hydrogen-bond donors (Lipinski definition) is 2. The molecule has 0 aliphatic rings. The first-order valence-corrected chi connectivity index (χ1v) is 8.43. The van der Waals surface area contributed by atoms with Gasteiger partial charge >= 0.3 is 5.97 Å². The van der Waals surface area contributed by atoms with Crippen LogP contribution in [-0.4, -0.2) is 36.7 Å². The van der Waals surface area contributed by atoms with Gasteiger partial charge < -0.3 is 19.9 Å². The van der Waals surface area contributed by atoms with E-state index in [1.54, 1.807) is 18.2 Å². The molecule has 0 fully saturated rings. The van der Waals surface area contributed by atoms with Gasteiger partial charge in [-0.05, 0) is 24.1 Å². The van der Waals surface area contributed by atoms with E-state index in [9.17, 15) is 14.7 Å². The standard InChI is InChI=1S/C20H23NO5/c1-3-11-26-18-13-15(25-2)9-10-16(18)19(22)21-17(20(23)24)12-14-7-5-4-6-8-14/h4-10,13,17H,3,11-12H2,1-2H3,(H,21,22)(H,23,24). The summed E-state index contributed by atoms with van der Waals surface area (Å²) in [6.07, 6.45) is 0.979. The van der Waals surface area contributed by atoms with Crippen molar-refractivity contribution >= 4 is 11.9 Å². The van der Waals surface area contributed by atoms with Crippen molar-refractivity contribution in [2.45, 2.75) is 25.8 Å². The summed E-state index contributed by atoms with van der Waals surface area (Å²) in [5.41, 5.74) is 1.11. The number of hydrogen-bond acceptors (Lipinski definition) is 4. The number of benzene rings is 2. The Kier molecular flexibility index (Phi) is 7.02. The second-order valence-corrected chi connectivity index (χ2v) is 5.76. The minimum atomic E-state index is -1.09. The Balaban J connectivity index is 2.19. The van der Waals surface area contributed by atoms with Crippen LogP contribution in [0.4, 0.5) is 0 Å². The highest BCUT2D eigenvalue weighted by Gasteiger charge is 2.23. The number of ether oxygens (including phenoxy) is 2. The maximum atomic E-state index is 12.6. The molecule has 6 nitrogen and oxygen atoms in total. The Morgan fingerprint density at radius 3 is 2.50 bits per heavy atom. The molecule has 26 heavy (non-hydrogen) atoms. The Morgan fingerprint density at radius 1 is 1.15 bits per heavy atom. The molecule has 0 aliphatic heterocycles. The number of carbonyl (C=O) groups excluding carboxylic acids is 1. The summed E-state index contributed by atoms with van der Waals surface area (Å²) < 4.78 is 10.8. The van der Waals surface area contributed by atoms with Crippen LogP contribution in [0.15, 0.2) is 48.5 Å². The molecule has 0 saturated carbocycles. The molecule has 6 heteroatoms. The molecule has 2 aromatic rings. The van der Waals surface area contributed by atoms with E-state index in [1.807, 2.05) is 37.3 Å². The molecule has 2 rings (SSSR count). The van der Waals surface area contributed by atoms with Crippen molar-refractivity contribution < 1.29 is 24.2 Å². The molecule has 1 unspecified atom stereocenters. The van der Waals surface area contributed by atoms with Gasteiger partial charge in [0.2, 0.25) is 0 Å². The van der Waals surface area contributed by atoms with Crippen molar-refractivity contribution in [3.8, 4) is 11.5 Å². The minimum Gasteiger partial charge on any atom is -0.497 e. The molecular weight excluding hydrogens is 334 g/mol. The number of carbonyl (C=O) groups is 2. The normalized spacial score (nSPS) is 11.5. The van der Waals surface area contributed by atoms with Crippen molar-refractivity contribution in [3.63, 3.8) is 0 Å². The first-order valence-electron chi connectivity index (χ1n) is 8.43. The summed E-state index contributed by atoms with van der Waals surface area (Å²) in [5.74, 6) is -0.659. The summed E-state index contributed by atoms with van der Waals surface area (Å²) in [6.45, 7) is 2.40. The molecule has 1 amide bonds. The van der Waals surface area contributed by atoms with Gasteiger partial charge in [0.15, 0.2) is 0 Å². The third-order valence-corrected chi connectivity index (χ3v) is 3.78. The zero-order valence-corrected chi connectivity index (χ0v) is 14.9. The molecule has 0 bridgehead atoms. The average molecular weight is 357 g/mol. The van der Waals surface area contributed by atoms with Crippen LogP contribution in [0.25, 0.3) is 0 Å². The highest BCUT2D eigenvalue weighted by atomic mass is 16.5. The highest BCUT2D eigenvalue weighted by molar-refractivity contribution is 5.99. The molecule has 0 saturated heterocycles. The average Bonchev–Trinajstić information content (AvgIpc) is 2.66. The van der Waals surface area contributed by atoms with Crippen LogP contribution in [-0.2, 0) is 11.2 Å². The van der Waals surface area contributed by atoms with Crippen molar-refractivity contribution in [3.05, 3.63) is 59.7 Å². The number of rotatable bonds is 9. The molecule has 0 spiro atoms. The van der Waals surface area contributed by atoms with Crippen LogP contribution in [0.5, 0.6) is 11.5 Å². The SMILES string of the molecule is CCCOc1cc(OC)ccc1C(=O)NC(Cc1ccccc1)C(=O)O. The third kappa shape index (κ3) is 5.24. The second-order valence-electron chi connectivity index (χ2n) is 5.76. The quantitative estimate of drug-likeness (QED) is 0.721. The lowest BCUT2D eigenvalue weighted by atomic mass is 10.1. The molecule has 0 heterocycles. The van der Waals surface area contributed by atoms with Gasteiger partial charge in [0.05, 0.1) is 19.3 Å². The summed E-state index contributed by atoms with van der Waals surface area (Å²) >= 11 is 0. The van der Waals surface area contributed by atoms with E-state index in [4.69, 9.17) is 9.47 Å². The van der Waals surface area contributed by atoms with Crippen molar-refractivity contribution in [2.75, 3.05) is 13.7 Å². The van der Waals surface area contributed by atoms with Crippen LogP contribution in [0.1, 0.15) is 29.3 Å². The lowest BCUT2D eigenvalue weighted by Crippen LogP contribution is -2.42. The van der Waals surface area contributed by atoms with Gasteiger partial charge in [-0.2, -0.15) is 0 Å². The molecule has 2 N–H and O–H groups in total.